The summed E-state index contributed by atoms with van der Waals surface area (Å²) in [7, 11) is 0. The number of hydrogen-bond acceptors (Lipinski definition) is 3. The zero-order chi connectivity index (χ0) is 9.97. The van der Waals surface area contributed by atoms with Crippen molar-refractivity contribution in [1.29, 1.82) is 0 Å². The second-order valence-electron chi connectivity index (χ2n) is 3.15. The number of pyridine rings is 2. The first kappa shape index (κ1) is 8.69. The van der Waals surface area contributed by atoms with E-state index in [1.165, 1.54) is 0 Å². The van der Waals surface area contributed by atoms with Crippen molar-refractivity contribution in [2.45, 2.75) is 6.92 Å². The van der Waals surface area contributed by atoms with Gasteiger partial charge in [0.25, 0.3) is 0 Å². The molecule has 2 rings (SSSR count). The fourth-order valence-corrected chi connectivity index (χ4v) is 1.34. The number of rotatable bonds is 1. The second kappa shape index (κ2) is 3.46. The minimum atomic E-state index is 0.784. The highest BCUT2D eigenvalue weighted by Crippen LogP contribution is 2.26. The Labute approximate surface area is 82.6 Å². The normalized spacial score (nSPS) is 10.1. The van der Waals surface area contributed by atoms with Gasteiger partial charge in [-0.1, -0.05) is 0 Å². The van der Waals surface area contributed by atoms with Crippen molar-refractivity contribution < 1.29 is 0 Å². The third kappa shape index (κ3) is 1.44. The van der Waals surface area contributed by atoms with Crippen molar-refractivity contribution >= 4 is 5.69 Å². The Bertz CT molecular complexity index is 438. The average Bonchev–Trinajstić information content (AvgIpc) is 2.23. The number of hydrogen-bond donors (Lipinski definition) is 1. The van der Waals surface area contributed by atoms with E-state index >= 15 is 0 Å². The van der Waals surface area contributed by atoms with Crippen LogP contribution in [0.5, 0.6) is 0 Å². The monoisotopic (exact) mass is 185 g/mol. The Balaban J connectivity index is 2.58. The first-order chi connectivity index (χ1) is 6.79. The van der Waals surface area contributed by atoms with Gasteiger partial charge in [-0.3, -0.25) is 9.97 Å². The van der Waals surface area contributed by atoms with Crippen molar-refractivity contribution in [2.75, 3.05) is 5.73 Å². The summed E-state index contributed by atoms with van der Waals surface area (Å²) in [5.41, 5.74) is 9.75. The molecule has 2 aromatic heterocycles. The van der Waals surface area contributed by atoms with E-state index < -0.39 is 0 Å². The molecule has 14 heavy (non-hydrogen) atoms. The van der Waals surface area contributed by atoms with E-state index in [0.717, 1.165) is 22.4 Å². The molecule has 2 aromatic rings. The quantitative estimate of drug-likeness (QED) is 0.739. The van der Waals surface area contributed by atoms with Crippen molar-refractivity contribution in [1.82, 2.24) is 9.97 Å². The summed E-state index contributed by atoms with van der Waals surface area (Å²) in [5.74, 6) is 0. The number of aryl methyl sites for hydroxylation is 1. The van der Waals surface area contributed by atoms with Gasteiger partial charge < -0.3 is 5.73 Å². The van der Waals surface area contributed by atoms with Crippen molar-refractivity contribution in [3.8, 4) is 11.1 Å². The van der Waals surface area contributed by atoms with Crippen LogP contribution in [0.25, 0.3) is 11.1 Å². The molecule has 0 saturated carbocycles. The molecule has 70 valence electrons. The molecule has 0 aromatic carbocycles. The van der Waals surface area contributed by atoms with E-state index in [0.29, 0.717) is 0 Å². The zero-order valence-corrected chi connectivity index (χ0v) is 7.94. The first-order valence-corrected chi connectivity index (χ1v) is 4.39. The van der Waals surface area contributed by atoms with Crippen LogP contribution >= 0.6 is 0 Å². The molecular weight excluding hydrogens is 174 g/mol. The van der Waals surface area contributed by atoms with Gasteiger partial charge in [-0.25, -0.2) is 0 Å². The average molecular weight is 185 g/mol. The molecule has 0 aliphatic carbocycles. The van der Waals surface area contributed by atoms with E-state index in [1.807, 2.05) is 19.1 Å². The molecule has 0 saturated heterocycles. The SMILES string of the molecule is Cc1cncc(-c2ccncc2)c1N. The summed E-state index contributed by atoms with van der Waals surface area (Å²) in [4.78, 5) is 8.08. The fourth-order valence-electron chi connectivity index (χ4n) is 1.34. The Morgan fingerprint density at radius 2 is 1.79 bits per heavy atom. The van der Waals surface area contributed by atoms with Gasteiger partial charge in [0.1, 0.15) is 0 Å². The number of nitrogens with two attached hydrogens (primary N) is 1. The topological polar surface area (TPSA) is 51.8 Å². The molecule has 0 fully saturated rings. The second-order valence-corrected chi connectivity index (χ2v) is 3.15. The lowest BCUT2D eigenvalue weighted by molar-refractivity contribution is 1.27. The number of nitrogen functional groups attached to an aromatic ring is 1. The van der Waals surface area contributed by atoms with Crippen molar-refractivity contribution in [2.24, 2.45) is 0 Å². The summed E-state index contributed by atoms with van der Waals surface area (Å²) in [6, 6.07) is 3.85. The molecule has 0 amide bonds. The van der Waals surface area contributed by atoms with Gasteiger partial charge in [0.2, 0.25) is 0 Å². The van der Waals surface area contributed by atoms with Gasteiger partial charge in [-0.05, 0) is 30.2 Å². The third-order valence-corrected chi connectivity index (χ3v) is 2.18. The first-order valence-electron chi connectivity index (χ1n) is 4.39. The van der Waals surface area contributed by atoms with E-state index in [2.05, 4.69) is 9.97 Å². The van der Waals surface area contributed by atoms with Crippen LogP contribution in [0.3, 0.4) is 0 Å². The molecule has 0 radical (unpaired) electrons. The van der Waals surface area contributed by atoms with Crippen molar-refractivity contribution in [3.05, 3.63) is 42.5 Å². The van der Waals surface area contributed by atoms with Gasteiger partial charge in [0.15, 0.2) is 0 Å². The molecule has 0 bridgehead atoms. The standard InChI is InChI=1S/C11H11N3/c1-8-6-14-7-10(11(8)12)9-2-4-13-5-3-9/h2-7H,1H3,(H2,12,14). The van der Waals surface area contributed by atoms with Crippen LogP contribution in [-0.4, -0.2) is 9.97 Å². The molecule has 0 aliphatic heterocycles. The summed E-state index contributed by atoms with van der Waals surface area (Å²) in [5, 5.41) is 0. The maximum atomic E-state index is 5.95. The van der Waals surface area contributed by atoms with Gasteiger partial charge in [-0.2, -0.15) is 0 Å². The molecule has 0 unspecified atom stereocenters. The van der Waals surface area contributed by atoms with Crippen LogP contribution in [0.4, 0.5) is 5.69 Å². The fraction of sp³-hybridized carbons (Fsp3) is 0.0909. The molecule has 3 nitrogen and oxygen atoms in total. The molecule has 3 heteroatoms. The largest absolute Gasteiger partial charge is 0.398 e. The van der Waals surface area contributed by atoms with E-state index in [9.17, 15) is 0 Å². The molecule has 0 spiro atoms. The van der Waals surface area contributed by atoms with E-state index in [4.69, 9.17) is 5.73 Å². The van der Waals surface area contributed by atoms with Crippen LogP contribution in [0.15, 0.2) is 36.9 Å². The van der Waals surface area contributed by atoms with Crippen LogP contribution < -0.4 is 5.73 Å². The van der Waals surface area contributed by atoms with Gasteiger partial charge in [-0.15, -0.1) is 0 Å². The minimum absolute atomic E-state index is 0.784. The third-order valence-electron chi connectivity index (χ3n) is 2.18. The molecule has 2 N–H and O–H groups in total. The highest BCUT2D eigenvalue weighted by atomic mass is 14.7. The summed E-state index contributed by atoms with van der Waals surface area (Å²) >= 11 is 0. The van der Waals surface area contributed by atoms with E-state index in [-0.39, 0.29) is 0 Å². The Morgan fingerprint density at radius 3 is 2.50 bits per heavy atom. The highest BCUT2D eigenvalue weighted by Gasteiger charge is 2.03. The van der Waals surface area contributed by atoms with Gasteiger partial charge in [0, 0.05) is 36.0 Å². The lowest BCUT2D eigenvalue weighted by Crippen LogP contribution is -1.94. The highest BCUT2D eigenvalue weighted by molar-refractivity contribution is 5.76. The number of aromatic nitrogens is 2. The molecule has 2 heterocycles. The number of nitrogens with zero attached hydrogens (tertiary/aromatic N) is 2. The Morgan fingerprint density at radius 1 is 1.07 bits per heavy atom. The number of anilines is 1. The summed E-state index contributed by atoms with van der Waals surface area (Å²) < 4.78 is 0. The van der Waals surface area contributed by atoms with Crippen LogP contribution in [0.2, 0.25) is 0 Å². The van der Waals surface area contributed by atoms with Gasteiger partial charge >= 0.3 is 0 Å². The maximum absolute atomic E-state index is 5.95. The summed E-state index contributed by atoms with van der Waals surface area (Å²) in [6.45, 7) is 1.95. The van der Waals surface area contributed by atoms with Crippen LogP contribution in [0, 0.1) is 6.92 Å². The molecular formula is C11H11N3. The smallest absolute Gasteiger partial charge is 0.0454 e. The maximum Gasteiger partial charge on any atom is 0.0454 e. The molecule has 0 aliphatic rings. The Hall–Kier alpha value is -1.90. The van der Waals surface area contributed by atoms with Crippen LogP contribution in [-0.2, 0) is 0 Å². The lowest BCUT2D eigenvalue weighted by Gasteiger charge is -2.06. The minimum Gasteiger partial charge on any atom is -0.398 e. The predicted molar refractivity (Wildman–Crippen MR) is 56.6 cm³/mol. The van der Waals surface area contributed by atoms with Crippen LogP contribution in [0.1, 0.15) is 5.56 Å². The summed E-state index contributed by atoms with van der Waals surface area (Å²) in [6.07, 6.45) is 7.03. The predicted octanol–water partition coefficient (Wildman–Crippen LogP) is 2.03. The Kier molecular flexibility index (Phi) is 2.14. The van der Waals surface area contributed by atoms with Gasteiger partial charge in [0.05, 0.1) is 0 Å². The zero-order valence-electron chi connectivity index (χ0n) is 7.94. The molecule has 0 atom stereocenters. The van der Waals surface area contributed by atoms with Crippen molar-refractivity contribution in [3.63, 3.8) is 0 Å². The van der Waals surface area contributed by atoms with E-state index in [1.54, 1.807) is 24.8 Å². The lowest BCUT2D eigenvalue weighted by atomic mass is 10.1.